The van der Waals surface area contributed by atoms with Crippen LogP contribution in [0.4, 0.5) is 0 Å². The third-order valence-electron chi connectivity index (χ3n) is 4.85. The molecule has 1 saturated carbocycles. The molecule has 132 valence electrons. The number of carbonyl (C=O) groups excluding carboxylic acids is 4. The minimum absolute atomic E-state index is 0.0357. The Morgan fingerprint density at radius 2 is 1.56 bits per heavy atom. The van der Waals surface area contributed by atoms with Crippen LogP contribution in [-0.4, -0.2) is 35.1 Å². The number of carbonyl (C=O) groups is 4. The second kappa shape index (κ2) is 7.46. The maximum absolute atomic E-state index is 12.3. The number of nitrogens with zero attached hydrogens (tertiary/aromatic N) is 1. The van der Waals surface area contributed by atoms with Gasteiger partial charge in [-0.1, -0.05) is 31.0 Å². The number of amides is 4. The molecule has 1 aromatic carbocycles. The minimum Gasteiger partial charge on any atom is -0.282 e. The molecule has 25 heavy (non-hydrogen) atoms. The smallest absolute Gasteiger partial charge is 0.269 e. The van der Waals surface area contributed by atoms with Crippen LogP contribution in [0.25, 0.3) is 0 Å². The van der Waals surface area contributed by atoms with Crippen LogP contribution in [0, 0.1) is 11.8 Å². The van der Waals surface area contributed by atoms with Crippen molar-refractivity contribution in [1.82, 2.24) is 15.8 Å². The number of hydrogen-bond donors (Lipinski definition) is 2. The summed E-state index contributed by atoms with van der Waals surface area (Å²) in [6.07, 6.45) is 3.42. The van der Waals surface area contributed by atoms with Crippen molar-refractivity contribution in [3.63, 3.8) is 0 Å². The highest BCUT2D eigenvalue weighted by Gasteiger charge is 2.47. The molecule has 0 bridgehead atoms. The number of likely N-dealkylation sites (tertiary alicyclic amines) is 1. The van der Waals surface area contributed by atoms with Gasteiger partial charge in [-0.3, -0.25) is 34.9 Å². The SMILES string of the molecule is O=C(CCN1C(=O)[C@@H]2CCCC[C@H]2C1=O)NNC(=O)c1ccccc1. The fraction of sp³-hybridized carbons (Fsp3) is 0.444. The normalized spacial score (nSPS) is 22.5. The summed E-state index contributed by atoms with van der Waals surface area (Å²) in [4.78, 5) is 49.6. The molecule has 2 aliphatic rings. The first-order chi connectivity index (χ1) is 12.1. The van der Waals surface area contributed by atoms with E-state index >= 15 is 0 Å². The van der Waals surface area contributed by atoms with Gasteiger partial charge in [0.2, 0.25) is 17.7 Å². The molecule has 1 saturated heterocycles. The van der Waals surface area contributed by atoms with Crippen molar-refractivity contribution < 1.29 is 19.2 Å². The van der Waals surface area contributed by atoms with E-state index in [4.69, 9.17) is 0 Å². The molecule has 0 radical (unpaired) electrons. The van der Waals surface area contributed by atoms with Crippen LogP contribution in [0.1, 0.15) is 42.5 Å². The molecule has 2 N–H and O–H groups in total. The molecule has 2 fully saturated rings. The van der Waals surface area contributed by atoms with Crippen molar-refractivity contribution in [2.45, 2.75) is 32.1 Å². The van der Waals surface area contributed by atoms with Crippen molar-refractivity contribution in [2.75, 3.05) is 6.54 Å². The first kappa shape index (κ1) is 17.1. The highest BCUT2D eigenvalue weighted by atomic mass is 16.2. The summed E-state index contributed by atoms with van der Waals surface area (Å²) in [5.74, 6) is -1.59. The number of imide groups is 1. The van der Waals surface area contributed by atoms with E-state index in [1.165, 1.54) is 4.90 Å². The monoisotopic (exact) mass is 343 g/mol. The summed E-state index contributed by atoms with van der Waals surface area (Å²) >= 11 is 0. The first-order valence-electron chi connectivity index (χ1n) is 8.57. The Balaban J connectivity index is 1.47. The van der Waals surface area contributed by atoms with Crippen molar-refractivity contribution in [1.29, 1.82) is 0 Å². The maximum Gasteiger partial charge on any atom is 0.269 e. The lowest BCUT2D eigenvalue weighted by Crippen LogP contribution is -2.43. The summed E-state index contributed by atoms with van der Waals surface area (Å²) in [6.45, 7) is 0.0533. The standard InChI is InChI=1S/C18H21N3O4/c22-15(19-20-16(23)12-6-2-1-3-7-12)10-11-21-17(24)13-8-4-5-9-14(13)18(21)25/h1-3,6-7,13-14H,4-5,8-11H2,(H,19,22)(H,20,23)/t13-,14-/m1/s1. The van der Waals surface area contributed by atoms with Crippen molar-refractivity contribution in [3.8, 4) is 0 Å². The van der Waals surface area contributed by atoms with Gasteiger partial charge in [-0.15, -0.1) is 0 Å². The molecular formula is C18H21N3O4. The van der Waals surface area contributed by atoms with Gasteiger partial charge in [-0.2, -0.15) is 0 Å². The van der Waals surface area contributed by atoms with Gasteiger partial charge in [0.1, 0.15) is 0 Å². The molecule has 7 heteroatoms. The highest BCUT2D eigenvalue weighted by Crippen LogP contribution is 2.37. The van der Waals surface area contributed by atoms with Gasteiger partial charge in [0.05, 0.1) is 11.8 Å². The number of hydrazine groups is 1. The predicted octanol–water partition coefficient (Wildman–Crippen LogP) is 1.01. The van der Waals surface area contributed by atoms with E-state index in [0.29, 0.717) is 5.56 Å². The Morgan fingerprint density at radius 3 is 2.16 bits per heavy atom. The Kier molecular flexibility index (Phi) is 5.11. The number of nitrogens with one attached hydrogen (secondary N) is 2. The van der Waals surface area contributed by atoms with E-state index in [1.807, 2.05) is 0 Å². The van der Waals surface area contributed by atoms with Gasteiger partial charge in [0, 0.05) is 18.5 Å². The zero-order chi connectivity index (χ0) is 17.8. The number of rotatable bonds is 4. The molecule has 0 aromatic heterocycles. The Labute approximate surface area is 145 Å². The zero-order valence-corrected chi connectivity index (χ0v) is 13.9. The van der Waals surface area contributed by atoms with Crippen LogP contribution < -0.4 is 10.9 Å². The van der Waals surface area contributed by atoms with E-state index in [0.717, 1.165) is 25.7 Å². The molecule has 2 atom stereocenters. The Morgan fingerprint density at radius 1 is 0.960 bits per heavy atom. The lowest BCUT2D eigenvalue weighted by molar-refractivity contribution is -0.140. The fourth-order valence-corrected chi connectivity index (χ4v) is 3.52. The summed E-state index contributed by atoms with van der Waals surface area (Å²) in [5, 5.41) is 0. The molecule has 4 amide bonds. The van der Waals surface area contributed by atoms with Crippen molar-refractivity contribution >= 4 is 23.6 Å². The third kappa shape index (κ3) is 3.70. The summed E-state index contributed by atoms with van der Waals surface area (Å²) in [6, 6.07) is 8.49. The number of fused-ring (bicyclic) bond motifs is 1. The second-order valence-electron chi connectivity index (χ2n) is 6.44. The molecule has 1 aliphatic heterocycles. The van der Waals surface area contributed by atoms with E-state index in [9.17, 15) is 19.2 Å². The van der Waals surface area contributed by atoms with Crippen LogP contribution in [0.3, 0.4) is 0 Å². The molecule has 1 aliphatic carbocycles. The maximum atomic E-state index is 12.3. The van der Waals surface area contributed by atoms with Crippen LogP contribution in [0.2, 0.25) is 0 Å². The predicted molar refractivity (Wildman–Crippen MR) is 88.8 cm³/mol. The second-order valence-corrected chi connectivity index (χ2v) is 6.44. The van der Waals surface area contributed by atoms with Crippen molar-refractivity contribution in [2.24, 2.45) is 11.8 Å². The van der Waals surface area contributed by atoms with Gasteiger partial charge >= 0.3 is 0 Å². The van der Waals surface area contributed by atoms with Crippen LogP contribution >= 0.6 is 0 Å². The van der Waals surface area contributed by atoms with Gasteiger partial charge in [0.15, 0.2) is 0 Å². The molecular weight excluding hydrogens is 322 g/mol. The minimum atomic E-state index is -0.445. The van der Waals surface area contributed by atoms with Gasteiger partial charge in [-0.05, 0) is 25.0 Å². The summed E-state index contributed by atoms with van der Waals surface area (Å²) in [5.41, 5.74) is 5.06. The lowest BCUT2D eigenvalue weighted by Gasteiger charge is -2.19. The zero-order valence-electron chi connectivity index (χ0n) is 13.9. The van der Waals surface area contributed by atoms with Crippen LogP contribution in [-0.2, 0) is 14.4 Å². The molecule has 1 heterocycles. The molecule has 1 aromatic rings. The quantitative estimate of drug-likeness (QED) is 0.630. The Hall–Kier alpha value is -2.70. The van der Waals surface area contributed by atoms with Crippen molar-refractivity contribution in [3.05, 3.63) is 35.9 Å². The molecule has 7 nitrogen and oxygen atoms in total. The average molecular weight is 343 g/mol. The van der Waals surface area contributed by atoms with E-state index < -0.39 is 11.8 Å². The van der Waals surface area contributed by atoms with Gasteiger partial charge < -0.3 is 0 Å². The van der Waals surface area contributed by atoms with Crippen LogP contribution in [0.5, 0.6) is 0 Å². The van der Waals surface area contributed by atoms with E-state index in [2.05, 4.69) is 10.9 Å². The summed E-state index contributed by atoms with van der Waals surface area (Å²) < 4.78 is 0. The number of benzene rings is 1. The van der Waals surface area contributed by atoms with E-state index in [-0.39, 0.29) is 36.6 Å². The lowest BCUT2D eigenvalue weighted by atomic mass is 9.81. The van der Waals surface area contributed by atoms with E-state index in [1.54, 1.807) is 30.3 Å². The highest BCUT2D eigenvalue weighted by molar-refractivity contribution is 6.05. The largest absolute Gasteiger partial charge is 0.282 e. The molecule has 0 unspecified atom stereocenters. The number of hydrogen-bond acceptors (Lipinski definition) is 4. The summed E-state index contributed by atoms with van der Waals surface area (Å²) in [7, 11) is 0. The molecule has 0 spiro atoms. The topological polar surface area (TPSA) is 95.6 Å². The Bertz CT molecular complexity index is 665. The molecule has 3 rings (SSSR count). The van der Waals surface area contributed by atoms with Gasteiger partial charge in [-0.25, -0.2) is 0 Å². The first-order valence-corrected chi connectivity index (χ1v) is 8.57. The fourth-order valence-electron chi connectivity index (χ4n) is 3.52. The van der Waals surface area contributed by atoms with Gasteiger partial charge in [0.25, 0.3) is 5.91 Å². The third-order valence-corrected chi connectivity index (χ3v) is 4.85. The van der Waals surface area contributed by atoms with Crippen LogP contribution in [0.15, 0.2) is 30.3 Å². The average Bonchev–Trinajstić information content (AvgIpc) is 2.89.